The number of carboxylic acids is 1. The summed E-state index contributed by atoms with van der Waals surface area (Å²) >= 11 is 6.15. The SMILES string of the molecule is Cc1cc(Cl)ccc1C(C/C(=N\O)c1ccc(=O)n(CCC(=O)O)c1)c1ccc(S(C)(=O)=O)cc1. The largest absolute Gasteiger partial charge is 0.481 e. The lowest BCUT2D eigenvalue weighted by Gasteiger charge is -2.21. The topological polar surface area (TPSA) is 126 Å². The molecule has 8 nitrogen and oxygen atoms in total. The Kier molecular flexibility index (Phi) is 8.14. The highest BCUT2D eigenvalue weighted by Crippen LogP contribution is 2.33. The van der Waals surface area contributed by atoms with E-state index in [4.69, 9.17) is 16.7 Å². The third-order valence-corrected chi connectivity index (χ3v) is 7.08. The maximum absolute atomic E-state index is 12.2. The molecule has 0 aliphatic rings. The predicted octanol–water partition coefficient (Wildman–Crippen LogP) is 4.09. The smallest absolute Gasteiger partial charge is 0.305 e. The summed E-state index contributed by atoms with van der Waals surface area (Å²) in [6.45, 7) is 1.88. The van der Waals surface area contributed by atoms with Crippen molar-refractivity contribution in [2.45, 2.75) is 37.1 Å². The van der Waals surface area contributed by atoms with Gasteiger partial charge in [-0.05, 0) is 53.9 Å². The molecule has 0 aliphatic heterocycles. The third kappa shape index (κ3) is 6.58. The second-order valence-corrected chi connectivity index (χ2v) is 10.7. The molecule has 1 heterocycles. The summed E-state index contributed by atoms with van der Waals surface area (Å²) in [6, 6.07) is 14.8. The first-order valence-electron chi connectivity index (χ1n) is 10.7. The van der Waals surface area contributed by atoms with Gasteiger partial charge in [-0.1, -0.05) is 35.0 Å². The number of carboxylic acid groups (broad SMARTS) is 1. The minimum atomic E-state index is -3.37. The summed E-state index contributed by atoms with van der Waals surface area (Å²) in [6.07, 6.45) is 2.60. The Bertz CT molecular complexity index is 1430. The fraction of sp³-hybridized carbons (Fsp3) is 0.240. The molecule has 0 aliphatic carbocycles. The highest BCUT2D eigenvalue weighted by atomic mass is 35.5. The normalized spacial score (nSPS) is 12.9. The van der Waals surface area contributed by atoms with Gasteiger partial charge in [0.05, 0.1) is 17.0 Å². The first kappa shape index (κ1) is 26.2. The summed E-state index contributed by atoms with van der Waals surface area (Å²) in [5, 5.41) is 22.9. The van der Waals surface area contributed by atoms with Crippen LogP contribution in [-0.4, -0.2) is 41.2 Å². The van der Waals surface area contributed by atoms with Gasteiger partial charge in [0.1, 0.15) is 0 Å². The number of sulfone groups is 1. The van der Waals surface area contributed by atoms with E-state index < -0.39 is 15.8 Å². The molecule has 0 spiro atoms. The Morgan fingerprint density at radius 2 is 1.80 bits per heavy atom. The van der Waals surface area contributed by atoms with Crippen LogP contribution in [0.25, 0.3) is 0 Å². The Labute approximate surface area is 208 Å². The molecule has 0 saturated carbocycles. The molecule has 1 aromatic heterocycles. The summed E-state index contributed by atoms with van der Waals surface area (Å²) in [4.78, 5) is 23.3. The van der Waals surface area contributed by atoms with Gasteiger partial charge in [0.15, 0.2) is 9.84 Å². The zero-order chi connectivity index (χ0) is 25.8. The molecule has 0 fully saturated rings. The van der Waals surface area contributed by atoms with Gasteiger partial charge in [0.2, 0.25) is 0 Å². The Morgan fingerprint density at radius 1 is 1.11 bits per heavy atom. The second kappa shape index (κ2) is 10.9. The van der Waals surface area contributed by atoms with E-state index in [-0.39, 0.29) is 41.5 Å². The van der Waals surface area contributed by atoms with E-state index in [0.29, 0.717) is 10.6 Å². The van der Waals surface area contributed by atoms with Gasteiger partial charge in [-0.15, -0.1) is 0 Å². The van der Waals surface area contributed by atoms with Crippen molar-refractivity contribution in [1.82, 2.24) is 4.57 Å². The van der Waals surface area contributed by atoms with Gasteiger partial charge in [-0.2, -0.15) is 0 Å². The number of oxime groups is 1. The average Bonchev–Trinajstić information content (AvgIpc) is 2.80. The molecule has 35 heavy (non-hydrogen) atoms. The summed E-state index contributed by atoms with van der Waals surface area (Å²) in [7, 11) is -3.37. The van der Waals surface area contributed by atoms with E-state index in [2.05, 4.69) is 5.16 Å². The van der Waals surface area contributed by atoms with E-state index in [0.717, 1.165) is 22.9 Å². The highest BCUT2D eigenvalue weighted by molar-refractivity contribution is 7.90. The minimum Gasteiger partial charge on any atom is -0.481 e. The quantitative estimate of drug-likeness (QED) is 0.250. The van der Waals surface area contributed by atoms with Gasteiger partial charge in [-0.3, -0.25) is 9.59 Å². The molecule has 2 aromatic carbocycles. The van der Waals surface area contributed by atoms with Crippen LogP contribution in [0.3, 0.4) is 0 Å². The van der Waals surface area contributed by atoms with Crippen LogP contribution in [0.15, 0.2) is 75.6 Å². The molecule has 0 radical (unpaired) electrons. The number of halogens is 1. The Morgan fingerprint density at radius 3 is 2.37 bits per heavy atom. The zero-order valence-corrected chi connectivity index (χ0v) is 20.8. The van der Waals surface area contributed by atoms with Crippen LogP contribution in [0.4, 0.5) is 0 Å². The standard InChI is InChI=1S/C25H25ClN2O6S/c1-16-13-19(26)6-9-21(16)22(17-3-7-20(8-4-17)35(2,33)34)14-23(27-32)18-5-10-24(29)28(15-18)12-11-25(30)31/h3-10,13,15,22,32H,11-12,14H2,1-2H3,(H,30,31)/b27-23+. The number of aliphatic carboxylic acids is 1. The molecule has 0 saturated heterocycles. The van der Waals surface area contributed by atoms with Crippen LogP contribution in [0, 0.1) is 6.92 Å². The van der Waals surface area contributed by atoms with Gasteiger partial charge >= 0.3 is 5.97 Å². The molecule has 184 valence electrons. The van der Waals surface area contributed by atoms with Crippen LogP contribution >= 0.6 is 11.6 Å². The number of hydrogen-bond donors (Lipinski definition) is 2. The molecule has 1 unspecified atom stereocenters. The third-order valence-electron chi connectivity index (χ3n) is 5.72. The maximum atomic E-state index is 12.2. The molecule has 3 rings (SSSR count). The van der Waals surface area contributed by atoms with Crippen molar-refractivity contribution < 1.29 is 23.5 Å². The Hall–Kier alpha value is -3.43. The van der Waals surface area contributed by atoms with Crippen molar-refractivity contribution in [3.63, 3.8) is 0 Å². The highest BCUT2D eigenvalue weighted by Gasteiger charge is 2.22. The van der Waals surface area contributed by atoms with Crippen molar-refractivity contribution >= 4 is 33.1 Å². The molecule has 2 N–H and O–H groups in total. The summed E-state index contributed by atoms with van der Waals surface area (Å²) in [5.41, 5.74) is 2.97. The van der Waals surface area contributed by atoms with E-state index >= 15 is 0 Å². The van der Waals surface area contributed by atoms with Crippen LogP contribution in [0.1, 0.15) is 41.0 Å². The summed E-state index contributed by atoms with van der Waals surface area (Å²) in [5.74, 6) is -1.36. The van der Waals surface area contributed by atoms with Crippen molar-refractivity contribution in [3.05, 3.63) is 98.4 Å². The number of benzene rings is 2. The molecule has 3 aromatic rings. The number of rotatable bonds is 9. The van der Waals surface area contributed by atoms with Crippen LogP contribution in [0.2, 0.25) is 5.02 Å². The second-order valence-electron chi connectivity index (χ2n) is 8.24. The first-order chi connectivity index (χ1) is 16.5. The van der Waals surface area contributed by atoms with Crippen LogP contribution in [-0.2, 0) is 21.2 Å². The van der Waals surface area contributed by atoms with E-state index in [1.165, 1.54) is 35.0 Å². The molecule has 10 heteroatoms. The lowest BCUT2D eigenvalue weighted by atomic mass is 9.83. The molecule has 0 bridgehead atoms. The van der Waals surface area contributed by atoms with Gasteiger partial charge < -0.3 is 14.9 Å². The van der Waals surface area contributed by atoms with E-state index in [1.54, 1.807) is 18.2 Å². The summed E-state index contributed by atoms with van der Waals surface area (Å²) < 4.78 is 25.1. The van der Waals surface area contributed by atoms with E-state index in [9.17, 15) is 23.2 Å². The van der Waals surface area contributed by atoms with Gasteiger partial charge in [0, 0.05) is 48.0 Å². The van der Waals surface area contributed by atoms with Gasteiger partial charge in [0.25, 0.3) is 5.56 Å². The fourth-order valence-electron chi connectivity index (χ4n) is 3.89. The van der Waals surface area contributed by atoms with Crippen molar-refractivity contribution in [2.24, 2.45) is 5.16 Å². The fourth-order valence-corrected chi connectivity index (χ4v) is 4.74. The molecule has 1 atom stereocenters. The Balaban J connectivity index is 2.05. The number of carbonyl (C=O) groups is 1. The van der Waals surface area contributed by atoms with Crippen LogP contribution in [0.5, 0.6) is 0 Å². The molecular weight excluding hydrogens is 492 g/mol. The molecule has 0 amide bonds. The lowest BCUT2D eigenvalue weighted by Crippen LogP contribution is -2.22. The van der Waals surface area contributed by atoms with Crippen molar-refractivity contribution in [3.8, 4) is 0 Å². The lowest BCUT2D eigenvalue weighted by molar-refractivity contribution is -0.137. The van der Waals surface area contributed by atoms with Crippen LogP contribution < -0.4 is 5.56 Å². The van der Waals surface area contributed by atoms with Crippen molar-refractivity contribution in [1.29, 1.82) is 0 Å². The van der Waals surface area contributed by atoms with E-state index in [1.807, 2.05) is 19.1 Å². The first-order valence-corrected chi connectivity index (χ1v) is 13.0. The number of aryl methyl sites for hydroxylation is 2. The molecular formula is C25H25ClN2O6S. The average molecular weight is 517 g/mol. The number of hydrogen-bond acceptors (Lipinski definition) is 6. The van der Waals surface area contributed by atoms with Crippen molar-refractivity contribution in [2.75, 3.05) is 6.26 Å². The van der Waals surface area contributed by atoms with Gasteiger partial charge in [-0.25, -0.2) is 8.42 Å². The monoisotopic (exact) mass is 516 g/mol. The number of aromatic nitrogens is 1. The number of nitrogens with zero attached hydrogens (tertiary/aromatic N) is 2. The zero-order valence-electron chi connectivity index (χ0n) is 19.2. The minimum absolute atomic E-state index is 0.0204. The predicted molar refractivity (Wildman–Crippen MR) is 133 cm³/mol. The maximum Gasteiger partial charge on any atom is 0.305 e. The number of pyridine rings is 1.